The Morgan fingerprint density at radius 1 is 1.38 bits per heavy atom. The van der Waals surface area contributed by atoms with Gasteiger partial charge in [0, 0.05) is 16.8 Å². The zero-order chi connectivity index (χ0) is 15.4. The number of nitrogens with zero attached hydrogens (tertiary/aromatic N) is 2. The summed E-state index contributed by atoms with van der Waals surface area (Å²) >= 11 is 5.99. The molecule has 0 aliphatic carbocycles. The molecule has 0 N–H and O–H groups in total. The molecule has 0 fully saturated rings. The van der Waals surface area contributed by atoms with Crippen molar-refractivity contribution in [1.29, 1.82) is 0 Å². The number of hydrogen-bond acceptors (Lipinski definition) is 4. The van der Waals surface area contributed by atoms with Crippen LogP contribution < -0.4 is 0 Å². The summed E-state index contributed by atoms with van der Waals surface area (Å²) in [5.41, 5.74) is 1.91. The molecular formula is C16H17ClN2O2. The van der Waals surface area contributed by atoms with Crippen molar-refractivity contribution < 1.29 is 9.53 Å². The number of ether oxygens (including phenoxy) is 1. The van der Waals surface area contributed by atoms with E-state index in [0.717, 1.165) is 5.56 Å². The Hall–Kier alpha value is -1.94. The summed E-state index contributed by atoms with van der Waals surface area (Å²) in [6, 6.07) is 7.32. The lowest BCUT2D eigenvalue weighted by Gasteiger charge is -2.12. The van der Waals surface area contributed by atoms with Crippen molar-refractivity contribution in [3.05, 3.63) is 46.7 Å². The Kier molecular flexibility index (Phi) is 4.91. The van der Waals surface area contributed by atoms with Gasteiger partial charge in [-0.15, -0.1) is 0 Å². The smallest absolute Gasteiger partial charge is 0.341 e. The zero-order valence-corrected chi connectivity index (χ0v) is 13.0. The quantitative estimate of drug-likeness (QED) is 0.798. The molecule has 0 atom stereocenters. The van der Waals surface area contributed by atoms with Gasteiger partial charge in [0.05, 0.1) is 17.9 Å². The van der Waals surface area contributed by atoms with E-state index in [1.807, 2.05) is 26.0 Å². The highest BCUT2D eigenvalue weighted by Gasteiger charge is 2.18. The van der Waals surface area contributed by atoms with Crippen molar-refractivity contribution in [1.82, 2.24) is 9.97 Å². The van der Waals surface area contributed by atoms with Gasteiger partial charge in [0.1, 0.15) is 0 Å². The molecule has 1 heterocycles. The van der Waals surface area contributed by atoms with E-state index in [1.165, 1.54) is 6.20 Å². The van der Waals surface area contributed by atoms with E-state index in [4.69, 9.17) is 16.3 Å². The normalized spacial score (nSPS) is 10.7. The molecule has 4 nitrogen and oxygen atoms in total. The van der Waals surface area contributed by atoms with Gasteiger partial charge >= 0.3 is 5.97 Å². The average molecular weight is 305 g/mol. The van der Waals surface area contributed by atoms with E-state index in [9.17, 15) is 4.79 Å². The number of hydrogen-bond donors (Lipinski definition) is 0. The van der Waals surface area contributed by atoms with Crippen molar-refractivity contribution in [3.63, 3.8) is 0 Å². The first-order chi connectivity index (χ1) is 10.0. The minimum absolute atomic E-state index is 0.0883. The lowest BCUT2D eigenvalue weighted by atomic mass is 10.0. The highest BCUT2D eigenvalue weighted by molar-refractivity contribution is 6.30. The first-order valence-corrected chi connectivity index (χ1v) is 7.20. The van der Waals surface area contributed by atoms with Crippen LogP contribution in [0.2, 0.25) is 5.02 Å². The van der Waals surface area contributed by atoms with Crippen LogP contribution in [0.4, 0.5) is 0 Å². The van der Waals surface area contributed by atoms with Crippen LogP contribution in [0, 0.1) is 0 Å². The first-order valence-electron chi connectivity index (χ1n) is 6.83. The molecule has 1 aromatic carbocycles. The number of halogens is 1. The van der Waals surface area contributed by atoms with Crippen molar-refractivity contribution in [3.8, 4) is 11.4 Å². The van der Waals surface area contributed by atoms with Crippen LogP contribution in [0.15, 0.2) is 30.5 Å². The Bertz CT molecular complexity index is 656. The summed E-state index contributed by atoms with van der Waals surface area (Å²) in [6.45, 7) is 6.06. The van der Waals surface area contributed by atoms with Crippen molar-refractivity contribution >= 4 is 17.6 Å². The second kappa shape index (κ2) is 6.68. The maximum Gasteiger partial charge on any atom is 0.341 e. The van der Waals surface area contributed by atoms with Crippen LogP contribution in [-0.2, 0) is 4.74 Å². The standard InChI is InChI=1S/C16H17ClN2O2/c1-4-21-16(20)13-9-18-15(19-14(13)10(2)3)11-6-5-7-12(17)8-11/h5-10H,4H2,1-3H3. The third-order valence-electron chi connectivity index (χ3n) is 2.94. The van der Waals surface area contributed by atoms with Gasteiger partial charge in [-0.05, 0) is 25.0 Å². The number of esters is 1. The summed E-state index contributed by atoms with van der Waals surface area (Å²) in [4.78, 5) is 20.7. The predicted molar refractivity (Wildman–Crippen MR) is 82.5 cm³/mol. The Morgan fingerprint density at radius 3 is 2.76 bits per heavy atom. The number of rotatable bonds is 4. The SMILES string of the molecule is CCOC(=O)c1cnc(-c2cccc(Cl)c2)nc1C(C)C. The van der Waals surface area contributed by atoms with Crippen LogP contribution in [0.25, 0.3) is 11.4 Å². The van der Waals surface area contributed by atoms with Crippen molar-refractivity contribution in [2.75, 3.05) is 6.61 Å². The number of benzene rings is 1. The van der Waals surface area contributed by atoms with Crippen LogP contribution in [0.3, 0.4) is 0 Å². The summed E-state index contributed by atoms with van der Waals surface area (Å²) < 4.78 is 5.04. The van der Waals surface area contributed by atoms with Crippen LogP contribution in [0.5, 0.6) is 0 Å². The molecule has 0 saturated heterocycles. The predicted octanol–water partition coefficient (Wildman–Crippen LogP) is 4.10. The Morgan fingerprint density at radius 2 is 2.14 bits per heavy atom. The average Bonchev–Trinajstić information content (AvgIpc) is 2.46. The molecule has 0 saturated carbocycles. The molecule has 5 heteroatoms. The minimum Gasteiger partial charge on any atom is -0.462 e. The monoisotopic (exact) mass is 304 g/mol. The fourth-order valence-electron chi connectivity index (χ4n) is 1.97. The van der Waals surface area contributed by atoms with Gasteiger partial charge in [-0.2, -0.15) is 0 Å². The zero-order valence-electron chi connectivity index (χ0n) is 12.3. The van der Waals surface area contributed by atoms with Crippen LogP contribution >= 0.6 is 11.6 Å². The third kappa shape index (κ3) is 3.58. The second-order valence-electron chi connectivity index (χ2n) is 4.88. The first kappa shape index (κ1) is 15.4. The molecule has 0 amide bonds. The lowest BCUT2D eigenvalue weighted by molar-refractivity contribution is 0.0523. The van der Waals surface area contributed by atoms with E-state index >= 15 is 0 Å². The highest BCUT2D eigenvalue weighted by atomic mass is 35.5. The molecule has 2 rings (SSSR count). The molecule has 110 valence electrons. The molecule has 0 bridgehead atoms. The summed E-state index contributed by atoms with van der Waals surface area (Å²) in [6.07, 6.45) is 1.52. The maximum atomic E-state index is 11.9. The van der Waals surface area contributed by atoms with Gasteiger partial charge in [-0.25, -0.2) is 14.8 Å². The van der Waals surface area contributed by atoms with Crippen molar-refractivity contribution in [2.24, 2.45) is 0 Å². The Labute approximate surface area is 129 Å². The van der Waals surface area contributed by atoms with E-state index in [0.29, 0.717) is 28.7 Å². The molecule has 0 radical (unpaired) electrons. The molecule has 0 unspecified atom stereocenters. The molecule has 2 aromatic rings. The lowest BCUT2D eigenvalue weighted by Crippen LogP contribution is -2.12. The number of aromatic nitrogens is 2. The second-order valence-corrected chi connectivity index (χ2v) is 5.31. The van der Waals surface area contributed by atoms with Gasteiger partial charge in [-0.1, -0.05) is 37.6 Å². The third-order valence-corrected chi connectivity index (χ3v) is 3.18. The van der Waals surface area contributed by atoms with Gasteiger partial charge in [0.2, 0.25) is 0 Å². The largest absolute Gasteiger partial charge is 0.462 e. The fourth-order valence-corrected chi connectivity index (χ4v) is 2.16. The number of carbonyl (C=O) groups excluding carboxylic acids is 1. The van der Waals surface area contributed by atoms with E-state index in [2.05, 4.69) is 9.97 Å². The van der Waals surface area contributed by atoms with Gasteiger partial charge in [-0.3, -0.25) is 0 Å². The van der Waals surface area contributed by atoms with Crippen LogP contribution in [0.1, 0.15) is 42.7 Å². The van der Waals surface area contributed by atoms with Crippen molar-refractivity contribution in [2.45, 2.75) is 26.7 Å². The van der Waals surface area contributed by atoms with Gasteiger partial charge in [0.15, 0.2) is 5.82 Å². The summed E-state index contributed by atoms with van der Waals surface area (Å²) in [5, 5.41) is 0.622. The Balaban J connectivity index is 2.48. The van der Waals surface area contributed by atoms with Gasteiger partial charge in [0.25, 0.3) is 0 Å². The van der Waals surface area contributed by atoms with Gasteiger partial charge < -0.3 is 4.74 Å². The minimum atomic E-state index is -0.390. The van der Waals surface area contributed by atoms with Crippen LogP contribution in [-0.4, -0.2) is 22.5 Å². The topological polar surface area (TPSA) is 52.1 Å². The number of carbonyl (C=O) groups is 1. The highest BCUT2D eigenvalue weighted by Crippen LogP contribution is 2.23. The molecular weight excluding hydrogens is 288 g/mol. The van der Waals surface area contributed by atoms with E-state index < -0.39 is 0 Å². The maximum absolute atomic E-state index is 11.9. The molecule has 21 heavy (non-hydrogen) atoms. The van der Waals surface area contributed by atoms with E-state index in [1.54, 1.807) is 19.1 Å². The molecule has 1 aromatic heterocycles. The fraction of sp³-hybridized carbons (Fsp3) is 0.312. The van der Waals surface area contributed by atoms with E-state index in [-0.39, 0.29) is 11.9 Å². The molecule has 0 aliphatic heterocycles. The summed E-state index contributed by atoms with van der Waals surface area (Å²) in [5.74, 6) is 0.249. The molecule has 0 aliphatic rings. The summed E-state index contributed by atoms with van der Waals surface area (Å²) in [7, 11) is 0. The molecule has 0 spiro atoms.